The van der Waals surface area contributed by atoms with E-state index in [1.165, 1.54) is 0 Å². The van der Waals surface area contributed by atoms with Crippen LogP contribution in [0.3, 0.4) is 0 Å². The van der Waals surface area contributed by atoms with E-state index in [0.717, 1.165) is 29.3 Å². The van der Waals surface area contributed by atoms with Crippen LogP contribution in [-0.4, -0.2) is 21.0 Å². The Balaban J connectivity index is 2.97. The molecule has 1 aromatic heterocycles. The van der Waals surface area contributed by atoms with Gasteiger partial charge >= 0.3 is 0 Å². The van der Waals surface area contributed by atoms with Gasteiger partial charge in [0.25, 0.3) is 0 Å². The molecule has 1 N–H and O–H groups in total. The molecule has 0 aromatic carbocycles. The SMILES string of the molecule is CCc1nn(C)c(CC(C(C)C)C(C)O)c1Cl. The first-order valence-electron chi connectivity index (χ1n) is 6.26. The summed E-state index contributed by atoms with van der Waals surface area (Å²) in [5.74, 6) is 0.638. The lowest BCUT2D eigenvalue weighted by atomic mass is 9.87. The lowest BCUT2D eigenvalue weighted by Crippen LogP contribution is -2.25. The molecule has 2 unspecified atom stereocenters. The number of aliphatic hydroxyl groups excluding tert-OH is 1. The minimum Gasteiger partial charge on any atom is -0.393 e. The summed E-state index contributed by atoms with van der Waals surface area (Å²) in [6, 6.07) is 0. The van der Waals surface area contributed by atoms with Crippen molar-refractivity contribution >= 4 is 11.6 Å². The molecular weight excluding hydrogens is 236 g/mol. The van der Waals surface area contributed by atoms with E-state index in [4.69, 9.17) is 11.6 Å². The first kappa shape index (κ1) is 14.5. The fourth-order valence-corrected chi connectivity index (χ4v) is 2.60. The van der Waals surface area contributed by atoms with Gasteiger partial charge in [-0.25, -0.2) is 0 Å². The van der Waals surface area contributed by atoms with Crippen molar-refractivity contribution in [1.82, 2.24) is 9.78 Å². The van der Waals surface area contributed by atoms with Crippen LogP contribution < -0.4 is 0 Å². The quantitative estimate of drug-likeness (QED) is 0.882. The largest absolute Gasteiger partial charge is 0.393 e. The second-order valence-corrected chi connectivity index (χ2v) is 5.42. The Kier molecular flexibility index (Phi) is 5.02. The van der Waals surface area contributed by atoms with E-state index in [2.05, 4.69) is 18.9 Å². The van der Waals surface area contributed by atoms with Gasteiger partial charge in [-0.3, -0.25) is 4.68 Å². The van der Waals surface area contributed by atoms with Crippen molar-refractivity contribution in [1.29, 1.82) is 0 Å². The molecule has 0 aliphatic carbocycles. The summed E-state index contributed by atoms with van der Waals surface area (Å²) < 4.78 is 1.85. The van der Waals surface area contributed by atoms with E-state index in [9.17, 15) is 5.11 Å². The van der Waals surface area contributed by atoms with Crippen LogP contribution in [0.2, 0.25) is 5.02 Å². The van der Waals surface area contributed by atoms with E-state index in [1.54, 1.807) is 0 Å². The number of aliphatic hydroxyl groups is 1. The number of aromatic nitrogens is 2. The molecule has 0 bridgehead atoms. The summed E-state index contributed by atoms with van der Waals surface area (Å²) >= 11 is 6.32. The molecular formula is C13H23ClN2O. The van der Waals surface area contributed by atoms with E-state index < -0.39 is 0 Å². The molecule has 0 aliphatic heterocycles. The van der Waals surface area contributed by atoms with Crippen LogP contribution in [0.4, 0.5) is 0 Å². The summed E-state index contributed by atoms with van der Waals surface area (Å²) in [5.41, 5.74) is 1.97. The maximum absolute atomic E-state index is 9.82. The molecule has 98 valence electrons. The standard InChI is InChI=1S/C13H23ClN2O/c1-6-11-13(14)12(16(5)15-11)7-10(8(2)3)9(4)17/h8-10,17H,6-7H2,1-5H3. The third-order valence-electron chi connectivity index (χ3n) is 3.41. The van der Waals surface area contributed by atoms with Crippen molar-refractivity contribution in [3.8, 4) is 0 Å². The Morgan fingerprint density at radius 1 is 1.35 bits per heavy atom. The van der Waals surface area contributed by atoms with E-state index >= 15 is 0 Å². The maximum Gasteiger partial charge on any atom is 0.0849 e. The molecule has 4 heteroatoms. The Hall–Kier alpha value is -0.540. The average molecular weight is 259 g/mol. The lowest BCUT2D eigenvalue weighted by Gasteiger charge is -2.23. The van der Waals surface area contributed by atoms with Crippen molar-refractivity contribution < 1.29 is 5.11 Å². The highest BCUT2D eigenvalue weighted by Gasteiger charge is 2.23. The molecule has 0 amide bonds. The Labute approximate surface area is 109 Å². The number of rotatable bonds is 5. The molecule has 0 fully saturated rings. The zero-order chi connectivity index (χ0) is 13.2. The second kappa shape index (κ2) is 5.87. The lowest BCUT2D eigenvalue weighted by molar-refractivity contribution is 0.0965. The van der Waals surface area contributed by atoms with Gasteiger partial charge in [-0.05, 0) is 31.6 Å². The summed E-state index contributed by atoms with van der Waals surface area (Å²) in [6.07, 6.45) is 1.29. The van der Waals surface area contributed by atoms with Crippen LogP contribution in [-0.2, 0) is 19.9 Å². The second-order valence-electron chi connectivity index (χ2n) is 5.04. The van der Waals surface area contributed by atoms with Gasteiger partial charge in [-0.2, -0.15) is 5.10 Å². The predicted octanol–water partition coefficient (Wildman–Crippen LogP) is 2.83. The zero-order valence-corrected chi connectivity index (χ0v) is 12.1. The Morgan fingerprint density at radius 2 is 1.94 bits per heavy atom. The van der Waals surface area contributed by atoms with E-state index in [1.807, 2.05) is 25.6 Å². The number of halogens is 1. The van der Waals surface area contributed by atoms with Gasteiger partial charge in [-0.1, -0.05) is 32.4 Å². The summed E-state index contributed by atoms with van der Waals surface area (Å²) in [5, 5.41) is 15.0. The minimum atomic E-state index is -0.328. The normalized spacial score (nSPS) is 15.3. The summed E-state index contributed by atoms with van der Waals surface area (Å²) in [6.45, 7) is 8.15. The number of hydrogen-bond acceptors (Lipinski definition) is 2. The molecule has 3 nitrogen and oxygen atoms in total. The number of hydrogen-bond donors (Lipinski definition) is 1. The Bertz CT molecular complexity index is 364. The highest BCUT2D eigenvalue weighted by molar-refractivity contribution is 6.31. The van der Waals surface area contributed by atoms with Gasteiger partial charge in [0, 0.05) is 7.05 Å². The molecule has 1 rings (SSSR count). The average Bonchev–Trinajstić information content (AvgIpc) is 2.50. The van der Waals surface area contributed by atoms with Crippen LogP contribution in [0, 0.1) is 11.8 Å². The van der Waals surface area contributed by atoms with Crippen molar-refractivity contribution in [3.63, 3.8) is 0 Å². The third kappa shape index (κ3) is 3.23. The number of aryl methyl sites for hydroxylation is 2. The molecule has 17 heavy (non-hydrogen) atoms. The van der Waals surface area contributed by atoms with Crippen molar-refractivity contribution in [2.75, 3.05) is 0 Å². The van der Waals surface area contributed by atoms with Crippen LogP contribution in [0.5, 0.6) is 0 Å². The minimum absolute atomic E-state index is 0.215. The molecule has 1 aromatic rings. The first-order valence-corrected chi connectivity index (χ1v) is 6.64. The summed E-state index contributed by atoms with van der Waals surface area (Å²) in [4.78, 5) is 0. The van der Waals surface area contributed by atoms with Crippen molar-refractivity contribution in [3.05, 3.63) is 16.4 Å². The smallest absolute Gasteiger partial charge is 0.0849 e. The van der Waals surface area contributed by atoms with E-state index in [-0.39, 0.29) is 12.0 Å². The first-order chi connectivity index (χ1) is 7.88. The fraction of sp³-hybridized carbons (Fsp3) is 0.769. The van der Waals surface area contributed by atoms with Gasteiger partial charge in [0.1, 0.15) is 0 Å². The van der Waals surface area contributed by atoms with Gasteiger partial charge in [0.2, 0.25) is 0 Å². The molecule has 1 heterocycles. The zero-order valence-electron chi connectivity index (χ0n) is 11.4. The van der Waals surface area contributed by atoms with E-state index in [0.29, 0.717) is 5.92 Å². The molecule has 0 saturated carbocycles. The molecule has 0 radical (unpaired) electrons. The third-order valence-corrected chi connectivity index (χ3v) is 3.84. The van der Waals surface area contributed by atoms with Gasteiger partial charge < -0.3 is 5.11 Å². The molecule has 0 spiro atoms. The van der Waals surface area contributed by atoms with Gasteiger partial charge in [0.05, 0.1) is 22.5 Å². The maximum atomic E-state index is 9.82. The monoisotopic (exact) mass is 258 g/mol. The van der Waals surface area contributed by atoms with Crippen molar-refractivity contribution in [2.45, 2.75) is 46.6 Å². The highest BCUT2D eigenvalue weighted by Crippen LogP contribution is 2.27. The highest BCUT2D eigenvalue weighted by atomic mass is 35.5. The van der Waals surface area contributed by atoms with Crippen LogP contribution >= 0.6 is 11.6 Å². The van der Waals surface area contributed by atoms with Crippen LogP contribution in [0.1, 0.15) is 39.1 Å². The van der Waals surface area contributed by atoms with Gasteiger partial charge in [-0.15, -0.1) is 0 Å². The van der Waals surface area contributed by atoms with Crippen LogP contribution in [0.15, 0.2) is 0 Å². The molecule has 0 aliphatic rings. The molecule has 2 atom stereocenters. The van der Waals surface area contributed by atoms with Crippen molar-refractivity contribution in [2.24, 2.45) is 18.9 Å². The van der Waals surface area contributed by atoms with Crippen LogP contribution in [0.25, 0.3) is 0 Å². The topological polar surface area (TPSA) is 38.0 Å². The summed E-state index contributed by atoms with van der Waals surface area (Å²) in [7, 11) is 1.92. The Morgan fingerprint density at radius 3 is 2.29 bits per heavy atom. The predicted molar refractivity (Wildman–Crippen MR) is 71.3 cm³/mol. The molecule has 0 saturated heterocycles. The fourth-order valence-electron chi connectivity index (χ4n) is 2.23. The van der Waals surface area contributed by atoms with Gasteiger partial charge in [0.15, 0.2) is 0 Å². The number of nitrogens with zero attached hydrogens (tertiary/aromatic N) is 2.